The van der Waals surface area contributed by atoms with Gasteiger partial charge in [0, 0.05) is 0 Å². The van der Waals surface area contributed by atoms with Crippen LogP contribution in [0.4, 0.5) is 0 Å². The molecule has 1 atom stereocenters. The van der Waals surface area contributed by atoms with Crippen molar-refractivity contribution in [3.63, 3.8) is 0 Å². The molecule has 0 radical (unpaired) electrons. The van der Waals surface area contributed by atoms with Gasteiger partial charge in [-0.05, 0) is 13.8 Å². The molecule has 78 valence electrons. The number of rotatable bonds is 7. The smallest absolute Gasteiger partial charge is 0.596 e. The van der Waals surface area contributed by atoms with E-state index in [1.165, 1.54) is 0 Å². The molecule has 0 bridgehead atoms. The summed E-state index contributed by atoms with van der Waals surface area (Å²) in [5, 5.41) is 0. The maximum atomic E-state index is 11.6. The summed E-state index contributed by atoms with van der Waals surface area (Å²) in [6, 6.07) is 0. The average molecular weight is 251 g/mol. The van der Waals surface area contributed by atoms with Gasteiger partial charge in [-0.25, -0.2) is 0 Å². The standard InChI is InChI=1S/C6H14O5P2.Na/c1-3-10-13(9,11-4-2)6-5-12(7)8;/h3-6H2,1-2H3;/q;+1. The van der Waals surface area contributed by atoms with Crippen molar-refractivity contribution in [1.29, 1.82) is 0 Å². The fraction of sp³-hybridized carbons (Fsp3) is 1.00. The molecule has 0 rings (SSSR count). The molecule has 0 spiro atoms. The zero-order valence-corrected chi connectivity index (χ0v) is 12.6. The summed E-state index contributed by atoms with van der Waals surface area (Å²) in [4.78, 5) is 10.3. The summed E-state index contributed by atoms with van der Waals surface area (Å²) in [5.74, 6) is 0. The molecule has 5 nitrogen and oxygen atoms in total. The van der Waals surface area contributed by atoms with E-state index < -0.39 is 15.6 Å². The predicted octanol–water partition coefficient (Wildman–Crippen LogP) is -1.64. The van der Waals surface area contributed by atoms with Gasteiger partial charge in [0.15, 0.2) is 6.16 Å². The van der Waals surface area contributed by atoms with E-state index in [0.717, 1.165) is 0 Å². The molecule has 0 aromatic carbocycles. The van der Waals surface area contributed by atoms with Gasteiger partial charge in [-0.15, -0.1) is 0 Å². The Balaban J connectivity index is 0. The van der Waals surface area contributed by atoms with Crippen molar-refractivity contribution in [3.05, 3.63) is 0 Å². The summed E-state index contributed by atoms with van der Waals surface area (Å²) in [6.45, 7) is 3.88. The van der Waals surface area contributed by atoms with E-state index in [2.05, 4.69) is 0 Å². The Morgan fingerprint density at radius 3 is 2.00 bits per heavy atom. The third-order valence-electron chi connectivity index (χ3n) is 1.21. The molecule has 1 unspecified atom stereocenters. The largest absolute Gasteiger partial charge is 1.00 e. The van der Waals surface area contributed by atoms with Gasteiger partial charge in [0.25, 0.3) is 0 Å². The third-order valence-corrected chi connectivity index (χ3v) is 4.22. The van der Waals surface area contributed by atoms with Crippen molar-refractivity contribution in [2.75, 3.05) is 25.5 Å². The Hall–Kier alpha value is 1.21. The number of hydrogen-bond donors (Lipinski definition) is 0. The van der Waals surface area contributed by atoms with Gasteiger partial charge in [0.1, 0.15) is 0 Å². The molecule has 0 aliphatic carbocycles. The first-order chi connectivity index (χ1) is 6.04. The van der Waals surface area contributed by atoms with E-state index in [-0.39, 0.29) is 55.1 Å². The second-order valence-corrected chi connectivity index (χ2v) is 5.52. The second-order valence-electron chi connectivity index (χ2n) is 2.23. The SMILES string of the molecule is CCOP(=O)(CC[P+](=O)[O-])OCC.[Na+]. The van der Waals surface area contributed by atoms with Gasteiger partial charge >= 0.3 is 45.2 Å². The van der Waals surface area contributed by atoms with Crippen LogP contribution < -0.4 is 34.5 Å². The van der Waals surface area contributed by atoms with Crippen LogP contribution in [0.5, 0.6) is 0 Å². The minimum atomic E-state index is -3.16. The average Bonchev–Trinajstić information content (AvgIpc) is 2.02. The molecule has 0 fully saturated rings. The predicted molar refractivity (Wildman–Crippen MR) is 48.2 cm³/mol. The third kappa shape index (κ3) is 8.51. The fourth-order valence-electron chi connectivity index (χ4n) is 0.764. The van der Waals surface area contributed by atoms with Gasteiger partial charge in [0.05, 0.1) is 19.4 Å². The molecule has 0 amide bonds. The van der Waals surface area contributed by atoms with E-state index in [9.17, 15) is 14.0 Å². The van der Waals surface area contributed by atoms with Crippen molar-refractivity contribution in [2.24, 2.45) is 0 Å². The molecular formula is C6H14NaO5P2+. The second kappa shape index (κ2) is 9.44. The molecule has 0 aromatic rings. The van der Waals surface area contributed by atoms with E-state index >= 15 is 0 Å². The minimum Gasteiger partial charge on any atom is -0.596 e. The van der Waals surface area contributed by atoms with Crippen LogP contribution in [-0.4, -0.2) is 25.5 Å². The normalized spacial score (nSPS) is 12.1. The molecule has 0 saturated heterocycles. The molecule has 8 heteroatoms. The monoisotopic (exact) mass is 251 g/mol. The Kier molecular flexibility index (Phi) is 11.9. The van der Waals surface area contributed by atoms with Crippen LogP contribution >= 0.6 is 15.6 Å². The first kappa shape index (κ1) is 17.6. The summed E-state index contributed by atoms with van der Waals surface area (Å²) in [6.07, 6.45) is -0.222. The maximum absolute atomic E-state index is 11.6. The van der Waals surface area contributed by atoms with Crippen molar-refractivity contribution >= 4 is 15.6 Å². The zero-order chi connectivity index (χ0) is 10.3. The molecule has 0 N–H and O–H groups in total. The van der Waals surface area contributed by atoms with Gasteiger partial charge in [-0.2, -0.15) is 0 Å². The zero-order valence-electron chi connectivity index (χ0n) is 8.76. The summed E-state index contributed by atoms with van der Waals surface area (Å²) < 4.78 is 31.6. The Morgan fingerprint density at radius 2 is 1.71 bits per heavy atom. The van der Waals surface area contributed by atoms with Crippen LogP contribution in [0.1, 0.15) is 13.8 Å². The minimum absolute atomic E-state index is 0. The van der Waals surface area contributed by atoms with Crippen LogP contribution in [0.3, 0.4) is 0 Å². The molecule has 14 heavy (non-hydrogen) atoms. The van der Waals surface area contributed by atoms with Crippen LogP contribution in [0.2, 0.25) is 0 Å². The number of hydrogen-bond acceptors (Lipinski definition) is 5. The van der Waals surface area contributed by atoms with Gasteiger partial charge in [-0.3, -0.25) is 4.57 Å². The molecular weight excluding hydrogens is 237 g/mol. The van der Waals surface area contributed by atoms with Gasteiger partial charge in [-0.1, -0.05) is 4.57 Å². The molecule has 0 aromatic heterocycles. The van der Waals surface area contributed by atoms with Crippen molar-refractivity contribution in [3.8, 4) is 0 Å². The van der Waals surface area contributed by atoms with Crippen LogP contribution in [0.25, 0.3) is 0 Å². The summed E-state index contributed by atoms with van der Waals surface area (Å²) in [7, 11) is -5.68. The molecule has 0 aliphatic rings. The summed E-state index contributed by atoms with van der Waals surface area (Å²) >= 11 is 0. The summed E-state index contributed by atoms with van der Waals surface area (Å²) in [5.41, 5.74) is 0. The molecule has 0 aliphatic heterocycles. The van der Waals surface area contributed by atoms with E-state index in [1.54, 1.807) is 13.8 Å². The quantitative estimate of drug-likeness (QED) is 0.400. The van der Waals surface area contributed by atoms with E-state index in [1.807, 2.05) is 0 Å². The van der Waals surface area contributed by atoms with Crippen LogP contribution in [0, 0.1) is 0 Å². The van der Waals surface area contributed by atoms with Crippen molar-refractivity contribution < 1.29 is 52.6 Å². The molecule has 0 saturated carbocycles. The van der Waals surface area contributed by atoms with Crippen LogP contribution in [0.15, 0.2) is 0 Å². The van der Waals surface area contributed by atoms with Gasteiger partial charge in [0.2, 0.25) is 0 Å². The van der Waals surface area contributed by atoms with Crippen molar-refractivity contribution in [2.45, 2.75) is 13.8 Å². The Bertz CT molecular complexity index is 200. The van der Waals surface area contributed by atoms with E-state index in [0.29, 0.717) is 0 Å². The molecule has 0 heterocycles. The van der Waals surface area contributed by atoms with Crippen LogP contribution in [-0.2, 0) is 18.2 Å². The first-order valence-electron chi connectivity index (χ1n) is 4.04. The first-order valence-corrected chi connectivity index (χ1v) is 7.13. The Labute approximate surface area is 107 Å². The van der Waals surface area contributed by atoms with Gasteiger partial charge < -0.3 is 13.9 Å². The Morgan fingerprint density at radius 1 is 1.29 bits per heavy atom. The maximum Gasteiger partial charge on any atom is 1.00 e. The fourth-order valence-corrected chi connectivity index (χ4v) is 3.52. The van der Waals surface area contributed by atoms with E-state index in [4.69, 9.17) is 9.05 Å². The topological polar surface area (TPSA) is 75.7 Å². The van der Waals surface area contributed by atoms with Crippen molar-refractivity contribution in [1.82, 2.24) is 0 Å².